The highest BCUT2D eigenvalue weighted by Crippen LogP contribution is 2.28. The van der Waals surface area contributed by atoms with E-state index >= 15 is 0 Å². The van der Waals surface area contributed by atoms with Crippen molar-refractivity contribution < 1.29 is 4.74 Å². The monoisotopic (exact) mass is 252 g/mol. The Morgan fingerprint density at radius 1 is 1.35 bits per heavy atom. The van der Waals surface area contributed by atoms with E-state index in [0.717, 1.165) is 42.2 Å². The number of ether oxygens (including phenoxy) is 1. The molecule has 1 rings (SSSR count). The number of aryl methyl sites for hydroxylation is 2. The predicted octanol–water partition coefficient (Wildman–Crippen LogP) is 4.95. The molecule has 0 aromatic heterocycles. The van der Waals surface area contributed by atoms with E-state index in [4.69, 9.17) is 16.3 Å². The second-order valence-corrected chi connectivity index (χ2v) is 4.57. The normalized spacial score (nSPS) is 11.1. The van der Waals surface area contributed by atoms with Crippen LogP contribution in [-0.4, -0.2) is 6.61 Å². The third-order valence-electron chi connectivity index (χ3n) is 2.62. The molecule has 0 bridgehead atoms. The van der Waals surface area contributed by atoms with Gasteiger partial charge in [-0.3, -0.25) is 0 Å². The number of allylic oxidation sites excluding steroid dienone is 2. The quantitative estimate of drug-likeness (QED) is 0.651. The van der Waals surface area contributed by atoms with Crippen LogP contribution < -0.4 is 4.74 Å². The Bertz CT molecular complexity index is 383. The van der Waals surface area contributed by atoms with Crippen molar-refractivity contribution in [3.63, 3.8) is 0 Å². The summed E-state index contributed by atoms with van der Waals surface area (Å²) in [5.41, 5.74) is 2.28. The third-order valence-corrected chi connectivity index (χ3v) is 3.03. The lowest BCUT2D eigenvalue weighted by atomic mass is 10.1. The zero-order valence-corrected chi connectivity index (χ0v) is 11.7. The highest BCUT2D eigenvalue weighted by Gasteiger charge is 2.07. The smallest absolute Gasteiger partial charge is 0.122 e. The number of hydrogen-bond acceptors (Lipinski definition) is 1. The molecule has 0 radical (unpaired) electrons. The Kier molecular flexibility index (Phi) is 6.13. The molecule has 0 aliphatic heterocycles. The van der Waals surface area contributed by atoms with Gasteiger partial charge in [0.2, 0.25) is 0 Å². The van der Waals surface area contributed by atoms with Crippen molar-refractivity contribution in [3.8, 4) is 5.75 Å². The van der Waals surface area contributed by atoms with Gasteiger partial charge >= 0.3 is 0 Å². The second kappa shape index (κ2) is 7.39. The topological polar surface area (TPSA) is 9.23 Å². The summed E-state index contributed by atoms with van der Waals surface area (Å²) in [6.45, 7) is 6.92. The SMILES string of the molecule is C/C=C\CCc1cc(Cl)c(C)cc1OCCC. The van der Waals surface area contributed by atoms with Gasteiger partial charge in [-0.25, -0.2) is 0 Å². The van der Waals surface area contributed by atoms with E-state index in [0.29, 0.717) is 0 Å². The van der Waals surface area contributed by atoms with E-state index in [1.54, 1.807) is 0 Å². The summed E-state index contributed by atoms with van der Waals surface area (Å²) in [6, 6.07) is 4.08. The van der Waals surface area contributed by atoms with Crippen LogP contribution in [0.25, 0.3) is 0 Å². The van der Waals surface area contributed by atoms with Gasteiger partial charge in [0, 0.05) is 5.02 Å². The maximum absolute atomic E-state index is 6.16. The van der Waals surface area contributed by atoms with Gasteiger partial charge in [-0.15, -0.1) is 0 Å². The molecule has 0 N–H and O–H groups in total. The minimum Gasteiger partial charge on any atom is -0.493 e. The molecule has 1 aromatic carbocycles. The van der Waals surface area contributed by atoms with Crippen LogP contribution in [0.15, 0.2) is 24.3 Å². The molecule has 0 aliphatic carbocycles. The maximum Gasteiger partial charge on any atom is 0.122 e. The minimum absolute atomic E-state index is 0.762. The largest absolute Gasteiger partial charge is 0.493 e. The van der Waals surface area contributed by atoms with Crippen LogP contribution in [0.5, 0.6) is 5.75 Å². The first-order valence-electron chi connectivity index (χ1n) is 6.22. The predicted molar refractivity (Wildman–Crippen MR) is 75.1 cm³/mol. The van der Waals surface area contributed by atoms with Crippen molar-refractivity contribution in [1.82, 2.24) is 0 Å². The van der Waals surface area contributed by atoms with Gasteiger partial charge in [0.05, 0.1) is 6.61 Å². The highest BCUT2D eigenvalue weighted by molar-refractivity contribution is 6.31. The van der Waals surface area contributed by atoms with Crippen molar-refractivity contribution >= 4 is 11.6 Å². The zero-order valence-electron chi connectivity index (χ0n) is 10.9. The van der Waals surface area contributed by atoms with Crippen molar-refractivity contribution in [1.29, 1.82) is 0 Å². The Labute approximate surface area is 109 Å². The number of halogens is 1. The molecule has 17 heavy (non-hydrogen) atoms. The van der Waals surface area contributed by atoms with Gasteiger partial charge < -0.3 is 4.74 Å². The molecular weight excluding hydrogens is 232 g/mol. The van der Waals surface area contributed by atoms with Gasteiger partial charge in [-0.05, 0) is 56.4 Å². The van der Waals surface area contributed by atoms with Crippen LogP contribution in [0.2, 0.25) is 5.02 Å². The van der Waals surface area contributed by atoms with Gasteiger partial charge in [0.25, 0.3) is 0 Å². The molecule has 1 aromatic rings. The summed E-state index contributed by atoms with van der Waals surface area (Å²) < 4.78 is 5.77. The van der Waals surface area contributed by atoms with E-state index in [9.17, 15) is 0 Å². The van der Waals surface area contributed by atoms with E-state index in [1.807, 2.05) is 26.0 Å². The summed E-state index contributed by atoms with van der Waals surface area (Å²) in [4.78, 5) is 0. The van der Waals surface area contributed by atoms with Crippen molar-refractivity contribution in [3.05, 3.63) is 40.4 Å². The van der Waals surface area contributed by atoms with Crippen molar-refractivity contribution in [2.24, 2.45) is 0 Å². The summed E-state index contributed by atoms with van der Waals surface area (Å²) in [5, 5.41) is 0.823. The fourth-order valence-electron chi connectivity index (χ4n) is 1.64. The van der Waals surface area contributed by atoms with Crippen LogP contribution in [0.3, 0.4) is 0 Å². The molecule has 1 nitrogen and oxygen atoms in total. The average molecular weight is 253 g/mol. The molecule has 0 aliphatic rings. The lowest BCUT2D eigenvalue weighted by Gasteiger charge is -2.12. The number of benzene rings is 1. The first-order chi connectivity index (χ1) is 8.19. The first kappa shape index (κ1) is 14.1. The molecule has 0 atom stereocenters. The summed E-state index contributed by atoms with van der Waals surface area (Å²) in [5.74, 6) is 0.984. The Hall–Kier alpha value is -0.950. The van der Waals surface area contributed by atoms with E-state index < -0.39 is 0 Å². The number of rotatable bonds is 6. The molecule has 0 unspecified atom stereocenters. The van der Waals surface area contributed by atoms with Gasteiger partial charge in [0.1, 0.15) is 5.75 Å². The van der Waals surface area contributed by atoms with Crippen LogP contribution in [0, 0.1) is 6.92 Å². The standard InChI is InChI=1S/C15H21ClO/c1-4-6-7-8-13-11-14(16)12(3)10-15(13)17-9-5-2/h4,6,10-11H,5,7-9H2,1-3H3/b6-4-. The summed E-state index contributed by atoms with van der Waals surface area (Å²) in [6.07, 6.45) is 7.26. The first-order valence-corrected chi connectivity index (χ1v) is 6.59. The van der Waals surface area contributed by atoms with Gasteiger partial charge in [0.15, 0.2) is 0 Å². The lowest BCUT2D eigenvalue weighted by molar-refractivity contribution is 0.314. The fraction of sp³-hybridized carbons (Fsp3) is 0.467. The van der Waals surface area contributed by atoms with Gasteiger partial charge in [-0.1, -0.05) is 30.7 Å². The minimum atomic E-state index is 0.762. The molecule has 0 heterocycles. The zero-order chi connectivity index (χ0) is 12.7. The van der Waals surface area contributed by atoms with Crippen molar-refractivity contribution in [2.75, 3.05) is 6.61 Å². The molecule has 2 heteroatoms. The summed E-state index contributed by atoms with van der Waals surface area (Å²) in [7, 11) is 0. The average Bonchev–Trinajstić information content (AvgIpc) is 2.32. The number of hydrogen-bond donors (Lipinski definition) is 0. The van der Waals surface area contributed by atoms with E-state index in [1.165, 1.54) is 5.56 Å². The Balaban J connectivity index is 2.86. The third kappa shape index (κ3) is 4.43. The summed E-state index contributed by atoms with van der Waals surface area (Å²) >= 11 is 6.16. The highest BCUT2D eigenvalue weighted by atomic mass is 35.5. The molecular formula is C15H21ClO. The van der Waals surface area contributed by atoms with Crippen LogP contribution >= 0.6 is 11.6 Å². The molecule has 0 amide bonds. The molecule has 0 fully saturated rings. The van der Waals surface area contributed by atoms with Crippen molar-refractivity contribution in [2.45, 2.75) is 40.0 Å². The van der Waals surface area contributed by atoms with E-state index in [-0.39, 0.29) is 0 Å². The second-order valence-electron chi connectivity index (χ2n) is 4.17. The Morgan fingerprint density at radius 3 is 2.76 bits per heavy atom. The Morgan fingerprint density at radius 2 is 2.12 bits per heavy atom. The fourth-order valence-corrected chi connectivity index (χ4v) is 1.83. The van der Waals surface area contributed by atoms with Crippen LogP contribution in [0.4, 0.5) is 0 Å². The molecule has 0 spiro atoms. The molecule has 94 valence electrons. The molecule has 0 saturated carbocycles. The lowest BCUT2D eigenvalue weighted by Crippen LogP contribution is -2.00. The van der Waals surface area contributed by atoms with E-state index in [2.05, 4.69) is 19.1 Å². The van der Waals surface area contributed by atoms with Crippen LogP contribution in [-0.2, 0) is 6.42 Å². The van der Waals surface area contributed by atoms with Crippen LogP contribution in [0.1, 0.15) is 37.8 Å². The molecule has 0 saturated heterocycles. The maximum atomic E-state index is 6.16. The van der Waals surface area contributed by atoms with Gasteiger partial charge in [-0.2, -0.15) is 0 Å².